The summed E-state index contributed by atoms with van der Waals surface area (Å²) in [6, 6.07) is 8.27. The maximum Gasteiger partial charge on any atom is 0.293 e. The smallest absolute Gasteiger partial charge is 0.293 e. The minimum atomic E-state index is -0.591. The first-order valence-electron chi connectivity index (χ1n) is 8.75. The topological polar surface area (TPSA) is 75.5 Å². The summed E-state index contributed by atoms with van der Waals surface area (Å²) in [4.78, 5) is 25.5. The van der Waals surface area contributed by atoms with Crippen LogP contribution in [0.3, 0.4) is 0 Å². The van der Waals surface area contributed by atoms with Crippen molar-refractivity contribution in [1.82, 2.24) is 0 Å². The van der Waals surface area contributed by atoms with Gasteiger partial charge in [0, 0.05) is 30.4 Å². The number of benzene rings is 2. The fourth-order valence-electron chi connectivity index (χ4n) is 3.17. The van der Waals surface area contributed by atoms with Crippen LogP contribution >= 0.6 is 11.6 Å². The van der Waals surface area contributed by atoms with Crippen LogP contribution in [0.5, 0.6) is 0 Å². The zero-order valence-corrected chi connectivity index (χ0v) is 15.3. The molecule has 0 bridgehead atoms. The van der Waals surface area contributed by atoms with Crippen molar-refractivity contribution >= 4 is 34.6 Å². The van der Waals surface area contributed by atoms with Gasteiger partial charge in [0.15, 0.2) is 0 Å². The van der Waals surface area contributed by atoms with Gasteiger partial charge in [-0.15, -0.1) is 0 Å². The summed E-state index contributed by atoms with van der Waals surface area (Å²) >= 11 is 5.71. The number of nitrogens with one attached hydrogen (secondary N) is 1. The standard InChI is InChI=1S/C19H19ClFN3O3/c20-15-12-14(6-7-16(15)21)22-19(25)13-5-8-17(18(11-13)24(26)27)23-9-3-1-2-4-10-23/h5-8,11-12H,1-4,9-10H2,(H,22,25). The maximum atomic E-state index is 13.2. The van der Waals surface area contributed by atoms with Gasteiger partial charge in [-0.3, -0.25) is 14.9 Å². The lowest BCUT2D eigenvalue weighted by molar-refractivity contribution is -0.384. The van der Waals surface area contributed by atoms with E-state index in [1.54, 1.807) is 12.1 Å². The van der Waals surface area contributed by atoms with Crippen LogP contribution in [0.2, 0.25) is 5.02 Å². The number of nitro groups is 1. The monoisotopic (exact) mass is 391 g/mol. The molecule has 142 valence electrons. The van der Waals surface area contributed by atoms with Crippen LogP contribution in [-0.2, 0) is 0 Å². The Morgan fingerprint density at radius 2 is 1.81 bits per heavy atom. The van der Waals surface area contributed by atoms with Crippen molar-refractivity contribution < 1.29 is 14.1 Å². The summed E-state index contributed by atoms with van der Waals surface area (Å²) in [7, 11) is 0. The molecule has 0 spiro atoms. The molecule has 1 N–H and O–H groups in total. The average Bonchev–Trinajstić information content (AvgIpc) is 2.93. The number of carbonyl (C=O) groups is 1. The molecule has 1 amide bonds. The Hall–Kier alpha value is -2.67. The zero-order valence-electron chi connectivity index (χ0n) is 14.6. The van der Waals surface area contributed by atoms with Crippen LogP contribution in [-0.4, -0.2) is 23.9 Å². The van der Waals surface area contributed by atoms with Crippen molar-refractivity contribution in [3.8, 4) is 0 Å². The Morgan fingerprint density at radius 1 is 1.11 bits per heavy atom. The Morgan fingerprint density at radius 3 is 2.44 bits per heavy atom. The highest BCUT2D eigenvalue weighted by Gasteiger charge is 2.22. The summed E-state index contributed by atoms with van der Waals surface area (Å²) in [5, 5.41) is 14.0. The van der Waals surface area contributed by atoms with Gasteiger partial charge in [-0.05, 0) is 43.2 Å². The van der Waals surface area contributed by atoms with E-state index in [1.807, 2.05) is 4.90 Å². The SMILES string of the molecule is O=C(Nc1ccc(F)c(Cl)c1)c1ccc(N2CCCCCC2)c([N+](=O)[O-])c1. The molecule has 0 unspecified atom stereocenters. The quantitative estimate of drug-likeness (QED) is 0.586. The third kappa shape index (κ3) is 4.54. The van der Waals surface area contributed by atoms with Gasteiger partial charge < -0.3 is 10.2 Å². The Labute approximate surface area is 161 Å². The molecule has 27 heavy (non-hydrogen) atoms. The normalized spacial score (nSPS) is 14.5. The number of nitro benzene ring substituents is 1. The molecule has 2 aromatic rings. The van der Waals surface area contributed by atoms with Crippen molar-refractivity contribution in [3.05, 3.63) is 62.9 Å². The fourth-order valence-corrected chi connectivity index (χ4v) is 3.35. The second kappa shape index (κ2) is 8.35. The molecule has 8 heteroatoms. The van der Waals surface area contributed by atoms with Gasteiger partial charge in [-0.1, -0.05) is 24.4 Å². The molecule has 1 aliphatic rings. The number of hydrogen-bond acceptors (Lipinski definition) is 4. The van der Waals surface area contributed by atoms with E-state index in [1.165, 1.54) is 18.2 Å². The van der Waals surface area contributed by atoms with Crippen LogP contribution in [0.4, 0.5) is 21.5 Å². The van der Waals surface area contributed by atoms with Gasteiger partial charge >= 0.3 is 0 Å². The van der Waals surface area contributed by atoms with Crippen molar-refractivity contribution in [1.29, 1.82) is 0 Å². The van der Waals surface area contributed by atoms with Crippen LogP contribution in [0, 0.1) is 15.9 Å². The molecule has 3 rings (SSSR count). The first-order chi connectivity index (χ1) is 13.0. The lowest BCUT2D eigenvalue weighted by Gasteiger charge is -2.22. The predicted octanol–water partition coefficient (Wildman–Crippen LogP) is 5.02. The number of rotatable bonds is 4. The van der Waals surface area contributed by atoms with E-state index in [9.17, 15) is 19.3 Å². The second-order valence-corrected chi connectivity index (χ2v) is 6.85. The summed E-state index contributed by atoms with van der Waals surface area (Å²) < 4.78 is 13.2. The molecule has 0 atom stereocenters. The van der Waals surface area contributed by atoms with Crippen LogP contribution in [0.15, 0.2) is 36.4 Å². The third-order valence-electron chi connectivity index (χ3n) is 4.56. The largest absolute Gasteiger partial charge is 0.366 e. The van der Waals surface area contributed by atoms with E-state index in [0.29, 0.717) is 11.4 Å². The molecule has 1 aliphatic heterocycles. The molecule has 0 radical (unpaired) electrons. The average molecular weight is 392 g/mol. The fraction of sp³-hybridized carbons (Fsp3) is 0.316. The molecule has 6 nitrogen and oxygen atoms in total. The van der Waals surface area contributed by atoms with E-state index in [4.69, 9.17) is 11.6 Å². The maximum absolute atomic E-state index is 13.2. The highest BCUT2D eigenvalue weighted by Crippen LogP contribution is 2.31. The molecule has 0 aliphatic carbocycles. The number of hydrogen-bond donors (Lipinski definition) is 1. The number of anilines is 2. The van der Waals surface area contributed by atoms with Gasteiger partial charge in [-0.25, -0.2) is 4.39 Å². The second-order valence-electron chi connectivity index (χ2n) is 6.44. The molecule has 0 saturated carbocycles. The van der Waals surface area contributed by atoms with Crippen molar-refractivity contribution in [2.75, 3.05) is 23.3 Å². The summed E-state index contributed by atoms with van der Waals surface area (Å²) in [5.74, 6) is -1.12. The number of halogens is 2. The zero-order chi connectivity index (χ0) is 19.4. The van der Waals surface area contributed by atoms with E-state index in [2.05, 4.69) is 5.32 Å². The van der Waals surface area contributed by atoms with Gasteiger partial charge in [0.25, 0.3) is 11.6 Å². The van der Waals surface area contributed by atoms with Crippen LogP contribution in [0.25, 0.3) is 0 Å². The first-order valence-corrected chi connectivity index (χ1v) is 9.13. The molecule has 0 aromatic heterocycles. The molecule has 1 saturated heterocycles. The van der Waals surface area contributed by atoms with E-state index >= 15 is 0 Å². The van der Waals surface area contributed by atoms with Gasteiger partial charge in [0.2, 0.25) is 0 Å². The van der Waals surface area contributed by atoms with Gasteiger partial charge in [0.1, 0.15) is 11.5 Å². The van der Waals surface area contributed by atoms with Gasteiger partial charge in [-0.2, -0.15) is 0 Å². The van der Waals surface area contributed by atoms with Crippen LogP contribution in [0.1, 0.15) is 36.0 Å². The predicted molar refractivity (Wildman–Crippen MR) is 103 cm³/mol. The molecule has 1 heterocycles. The van der Waals surface area contributed by atoms with Gasteiger partial charge in [0.05, 0.1) is 9.95 Å². The van der Waals surface area contributed by atoms with Crippen molar-refractivity contribution in [3.63, 3.8) is 0 Å². The number of carbonyl (C=O) groups excluding carboxylic acids is 1. The molecular formula is C19H19ClFN3O3. The molecule has 2 aromatic carbocycles. The summed E-state index contributed by atoms with van der Waals surface area (Å²) in [6.07, 6.45) is 4.21. The minimum absolute atomic E-state index is 0.0957. The van der Waals surface area contributed by atoms with Crippen LogP contribution < -0.4 is 10.2 Å². The summed E-state index contributed by atoms with van der Waals surface area (Å²) in [6.45, 7) is 1.53. The lowest BCUT2D eigenvalue weighted by atomic mass is 10.1. The minimum Gasteiger partial charge on any atom is -0.366 e. The Bertz CT molecular complexity index is 867. The van der Waals surface area contributed by atoms with Crippen molar-refractivity contribution in [2.45, 2.75) is 25.7 Å². The van der Waals surface area contributed by atoms with E-state index in [0.717, 1.165) is 44.8 Å². The molecule has 1 fully saturated rings. The third-order valence-corrected chi connectivity index (χ3v) is 4.85. The molecular weight excluding hydrogens is 373 g/mol. The number of nitrogens with zero attached hydrogens (tertiary/aromatic N) is 2. The highest BCUT2D eigenvalue weighted by atomic mass is 35.5. The lowest BCUT2D eigenvalue weighted by Crippen LogP contribution is -2.25. The number of amides is 1. The highest BCUT2D eigenvalue weighted by molar-refractivity contribution is 6.31. The Kier molecular flexibility index (Phi) is 5.91. The van der Waals surface area contributed by atoms with E-state index in [-0.39, 0.29) is 16.3 Å². The Balaban J connectivity index is 1.85. The van der Waals surface area contributed by atoms with Crippen molar-refractivity contribution in [2.24, 2.45) is 0 Å². The van der Waals surface area contributed by atoms with E-state index < -0.39 is 16.6 Å². The summed E-state index contributed by atoms with van der Waals surface area (Å²) in [5.41, 5.74) is 0.899. The first kappa shape index (κ1) is 19.1.